The number of nitrogens with one attached hydrogen (secondary N) is 2. The van der Waals surface area contributed by atoms with E-state index in [4.69, 9.17) is 4.74 Å². The van der Waals surface area contributed by atoms with Crippen LogP contribution in [0.2, 0.25) is 0 Å². The summed E-state index contributed by atoms with van der Waals surface area (Å²) in [7, 11) is 0. The average Bonchev–Trinajstić information content (AvgIpc) is 3.21. The molecule has 3 amide bonds. The van der Waals surface area contributed by atoms with Gasteiger partial charge in [0.25, 0.3) is 0 Å². The van der Waals surface area contributed by atoms with Gasteiger partial charge in [-0.1, -0.05) is 20.8 Å². The number of carbonyl (C=O) groups is 3. The van der Waals surface area contributed by atoms with Crippen LogP contribution in [0.1, 0.15) is 60.8 Å². The van der Waals surface area contributed by atoms with Crippen molar-refractivity contribution in [3.63, 3.8) is 0 Å². The molecule has 0 aromatic heterocycles. The molecule has 0 aliphatic carbocycles. The molecule has 2 bridgehead atoms. The number of carbonyl (C=O) groups excluding carboxylic acids is 3. The molecule has 30 heavy (non-hydrogen) atoms. The third-order valence-electron chi connectivity index (χ3n) is 7.04. The monoisotopic (exact) mass is 423 g/mol. The Bertz CT molecular complexity index is 711. The van der Waals surface area contributed by atoms with Gasteiger partial charge in [-0.15, -0.1) is 0 Å². The summed E-state index contributed by atoms with van der Waals surface area (Å²) in [5.74, 6) is -2.14. The molecule has 1 spiro atoms. The number of amides is 3. The van der Waals surface area contributed by atoms with Crippen molar-refractivity contribution >= 4 is 17.7 Å². The van der Waals surface area contributed by atoms with Gasteiger partial charge in [0.15, 0.2) is 0 Å². The second kappa shape index (κ2) is 8.11. The van der Waals surface area contributed by atoms with Crippen LogP contribution < -0.4 is 10.6 Å². The van der Waals surface area contributed by atoms with Crippen molar-refractivity contribution in [3.05, 3.63) is 0 Å². The van der Waals surface area contributed by atoms with Crippen LogP contribution in [0, 0.1) is 17.8 Å². The lowest BCUT2D eigenvalue weighted by Gasteiger charge is -2.38. The Morgan fingerprint density at radius 2 is 1.90 bits per heavy atom. The topological polar surface area (TPSA) is 108 Å². The molecule has 6 atom stereocenters. The molecule has 8 nitrogen and oxygen atoms in total. The van der Waals surface area contributed by atoms with Crippen LogP contribution in [-0.4, -0.2) is 70.2 Å². The molecular weight excluding hydrogens is 386 g/mol. The minimum absolute atomic E-state index is 0.0521. The van der Waals surface area contributed by atoms with E-state index < -0.39 is 35.1 Å². The molecule has 3 saturated heterocycles. The lowest BCUT2D eigenvalue weighted by molar-refractivity contribution is -0.151. The predicted octanol–water partition coefficient (Wildman–Crippen LogP) is 0.819. The van der Waals surface area contributed by atoms with Gasteiger partial charge in [-0.2, -0.15) is 0 Å². The lowest BCUT2D eigenvalue weighted by Crippen LogP contribution is -2.59. The highest BCUT2D eigenvalue weighted by Crippen LogP contribution is 2.63. The molecule has 3 rings (SSSR count). The summed E-state index contributed by atoms with van der Waals surface area (Å²) < 4.78 is 6.51. The van der Waals surface area contributed by atoms with E-state index in [1.807, 2.05) is 41.5 Å². The van der Waals surface area contributed by atoms with E-state index >= 15 is 0 Å². The highest BCUT2D eigenvalue weighted by atomic mass is 16.5. The van der Waals surface area contributed by atoms with Crippen molar-refractivity contribution in [1.29, 1.82) is 0 Å². The number of rotatable bonds is 8. The van der Waals surface area contributed by atoms with Gasteiger partial charge in [0.1, 0.15) is 11.6 Å². The van der Waals surface area contributed by atoms with Gasteiger partial charge in [0.2, 0.25) is 17.7 Å². The largest absolute Gasteiger partial charge is 0.394 e. The second-order valence-corrected chi connectivity index (χ2v) is 9.92. The fourth-order valence-electron chi connectivity index (χ4n) is 5.76. The molecule has 3 N–H and O–H groups in total. The van der Waals surface area contributed by atoms with Crippen LogP contribution in [0.3, 0.4) is 0 Å². The summed E-state index contributed by atoms with van der Waals surface area (Å²) in [6.07, 6.45) is 1.96. The van der Waals surface area contributed by atoms with Crippen molar-refractivity contribution in [3.8, 4) is 0 Å². The van der Waals surface area contributed by atoms with Gasteiger partial charge < -0.3 is 25.4 Å². The zero-order valence-electron chi connectivity index (χ0n) is 19.0. The highest BCUT2D eigenvalue weighted by molar-refractivity contribution is 5.99. The normalized spacial score (nSPS) is 35.8. The fourth-order valence-corrected chi connectivity index (χ4v) is 5.76. The van der Waals surface area contributed by atoms with Gasteiger partial charge in [-0.05, 0) is 46.0 Å². The molecule has 170 valence electrons. The van der Waals surface area contributed by atoms with E-state index in [0.29, 0.717) is 19.4 Å². The van der Waals surface area contributed by atoms with Gasteiger partial charge >= 0.3 is 0 Å². The van der Waals surface area contributed by atoms with Crippen molar-refractivity contribution in [2.24, 2.45) is 17.8 Å². The summed E-state index contributed by atoms with van der Waals surface area (Å²) >= 11 is 0. The minimum atomic E-state index is -1.04. The fraction of sp³-hybridized carbons (Fsp3) is 0.864. The maximum absolute atomic E-state index is 13.8. The molecule has 2 unspecified atom stereocenters. The Balaban J connectivity index is 2.08. The Hall–Kier alpha value is -1.67. The standard InChI is InChI=1S/C22H37N3O5/c1-7-10-23-18(27)15-16-20(29)25(14(11-26)12(2)3)17(19(28)24-13(4)5)22(16)9-8-21(15,6)30-22/h12-17,26H,7-11H2,1-6H3,(H,23,27)(H,24,28)/t14-,15-,16-,17?,21+,22?/m0/s1. The van der Waals surface area contributed by atoms with Gasteiger partial charge in [0, 0.05) is 12.6 Å². The second-order valence-electron chi connectivity index (χ2n) is 9.92. The summed E-state index contributed by atoms with van der Waals surface area (Å²) in [5, 5.41) is 16.0. The first-order valence-corrected chi connectivity index (χ1v) is 11.2. The first-order chi connectivity index (χ1) is 14.0. The third-order valence-corrected chi connectivity index (χ3v) is 7.04. The summed E-state index contributed by atoms with van der Waals surface area (Å²) in [5.41, 5.74) is -1.81. The maximum atomic E-state index is 13.8. The number of fused-ring (bicyclic) bond motifs is 1. The summed E-state index contributed by atoms with van der Waals surface area (Å²) in [6.45, 7) is 11.7. The average molecular weight is 424 g/mol. The Labute approximate surface area is 179 Å². The number of aliphatic hydroxyl groups excluding tert-OH is 1. The van der Waals surface area contributed by atoms with E-state index in [1.54, 1.807) is 0 Å². The summed E-state index contributed by atoms with van der Waals surface area (Å²) in [4.78, 5) is 41.8. The zero-order valence-corrected chi connectivity index (χ0v) is 19.0. The Morgan fingerprint density at radius 3 is 2.43 bits per heavy atom. The smallest absolute Gasteiger partial charge is 0.246 e. The molecule has 3 heterocycles. The quantitative estimate of drug-likeness (QED) is 0.536. The van der Waals surface area contributed by atoms with E-state index in [-0.39, 0.29) is 36.3 Å². The molecule has 0 aromatic carbocycles. The van der Waals surface area contributed by atoms with Crippen LogP contribution in [-0.2, 0) is 19.1 Å². The minimum Gasteiger partial charge on any atom is -0.394 e. The van der Waals surface area contributed by atoms with Crippen LogP contribution >= 0.6 is 0 Å². The molecule has 0 radical (unpaired) electrons. The number of likely N-dealkylation sites (tertiary alicyclic amines) is 1. The lowest BCUT2D eigenvalue weighted by atomic mass is 9.66. The Kier molecular flexibility index (Phi) is 6.22. The SMILES string of the molecule is CCCNC(=O)[C@@H]1[C@H]2C(=O)N([C@@H](CO)C(C)C)C(C(=O)NC(C)C)C23CC[C@@]1(C)O3. The van der Waals surface area contributed by atoms with Crippen LogP contribution in [0.4, 0.5) is 0 Å². The molecule has 3 fully saturated rings. The molecule has 0 saturated carbocycles. The van der Waals surface area contributed by atoms with Crippen molar-refractivity contribution in [1.82, 2.24) is 15.5 Å². The van der Waals surface area contributed by atoms with E-state index in [9.17, 15) is 19.5 Å². The van der Waals surface area contributed by atoms with Crippen molar-refractivity contribution in [2.45, 2.75) is 90.1 Å². The zero-order chi connectivity index (χ0) is 22.4. The molecule has 0 aromatic rings. The van der Waals surface area contributed by atoms with Gasteiger partial charge in [-0.25, -0.2) is 0 Å². The van der Waals surface area contributed by atoms with E-state index in [0.717, 1.165) is 6.42 Å². The number of hydrogen-bond acceptors (Lipinski definition) is 5. The van der Waals surface area contributed by atoms with Crippen LogP contribution in [0.5, 0.6) is 0 Å². The third kappa shape index (κ3) is 3.32. The predicted molar refractivity (Wildman–Crippen MR) is 111 cm³/mol. The Morgan fingerprint density at radius 1 is 1.23 bits per heavy atom. The number of hydrogen-bond donors (Lipinski definition) is 3. The van der Waals surface area contributed by atoms with Gasteiger partial charge in [-0.3, -0.25) is 14.4 Å². The molecule has 3 aliphatic heterocycles. The first kappa shape index (κ1) is 23.0. The highest BCUT2D eigenvalue weighted by Gasteiger charge is 2.78. The van der Waals surface area contributed by atoms with Crippen LogP contribution in [0.15, 0.2) is 0 Å². The van der Waals surface area contributed by atoms with Crippen LogP contribution in [0.25, 0.3) is 0 Å². The van der Waals surface area contributed by atoms with Gasteiger partial charge in [0.05, 0.1) is 30.1 Å². The maximum Gasteiger partial charge on any atom is 0.246 e. The number of nitrogens with zero attached hydrogens (tertiary/aromatic N) is 1. The van der Waals surface area contributed by atoms with Crippen molar-refractivity contribution < 1.29 is 24.2 Å². The summed E-state index contributed by atoms with van der Waals surface area (Å²) in [6, 6.07) is -1.48. The number of aliphatic hydroxyl groups is 1. The van der Waals surface area contributed by atoms with Crippen molar-refractivity contribution in [2.75, 3.05) is 13.2 Å². The first-order valence-electron chi connectivity index (χ1n) is 11.2. The molecule has 8 heteroatoms. The van der Waals surface area contributed by atoms with E-state index in [1.165, 1.54) is 4.90 Å². The number of ether oxygens (including phenoxy) is 1. The molecule has 3 aliphatic rings. The molecular formula is C22H37N3O5. The van der Waals surface area contributed by atoms with E-state index in [2.05, 4.69) is 10.6 Å².